The zero-order chi connectivity index (χ0) is 40.0. The molecule has 58 heavy (non-hydrogen) atoms. The van der Waals surface area contributed by atoms with Gasteiger partial charge in [-0.05, 0) is 85.8 Å². The summed E-state index contributed by atoms with van der Waals surface area (Å²) >= 11 is 0. The van der Waals surface area contributed by atoms with Gasteiger partial charge in [0.25, 0.3) is 0 Å². The van der Waals surface area contributed by atoms with Crippen LogP contribution in [0.2, 0.25) is 0 Å². The number of morpholine rings is 4. The van der Waals surface area contributed by atoms with E-state index >= 15 is 0 Å². The highest BCUT2D eigenvalue weighted by Gasteiger charge is 2.19. The van der Waals surface area contributed by atoms with Gasteiger partial charge >= 0.3 is 0 Å². The van der Waals surface area contributed by atoms with Gasteiger partial charge in [-0.3, -0.25) is 19.6 Å². The predicted octanol–water partition coefficient (Wildman–Crippen LogP) is 5.15. The fraction of sp³-hybridized carbons (Fsp3) is 0.739. The van der Waals surface area contributed by atoms with Crippen molar-refractivity contribution in [3.05, 3.63) is 47.5 Å². The van der Waals surface area contributed by atoms with Gasteiger partial charge in [0, 0.05) is 78.5 Å². The predicted molar refractivity (Wildman–Crippen MR) is 228 cm³/mol. The van der Waals surface area contributed by atoms with E-state index in [1.54, 1.807) is 0 Å². The van der Waals surface area contributed by atoms with Gasteiger partial charge in [-0.15, -0.1) is 0 Å². The molecule has 2 aromatic carbocycles. The average molecular weight is 811 g/mol. The van der Waals surface area contributed by atoms with Crippen LogP contribution < -0.4 is 18.9 Å². The molecule has 0 aliphatic carbocycles. The summed E-state index contributed by atoms with van der Waals surface area (Å²) in [6, 6.07) is 13.2. The number of benzene rings is 2. The molecule has 12 nitrogen and oxygen atoms in total. The van der Waals surface area contributed by atoms with Crippen LogP contribution in [0.15, 0.2) is 36.4 Å². The van der Waals surface area contributed by atoms with Gasteiger partial charge in [-0.25, -0.2) is 0 Å². The second-order valence-electron chi connectivity index (χ2n) is 16.5. The first kappa shape index (κ1) is 44.9. The summed E-state index contributed by atoms with van der Waals surface area (Å²) < 4.78 is 47.7. The van der Waals surface area contributed by atoms with E-state index in [4.69, 9.17) is 37.9 Å². The molecule has 0 aromatic heterocycles. The summed E-state index contributed by atoms with van der Waals surface area (Å²) in [4.78, 5) is 9.84. The molecule has 4 saturated heterocycles. The molecule has 0 radical (unpaired) electrons. The van der Waals surface area contributed by atoms with Gasteiger partial charge in [-0.1, -0.05) is 26.0 Å². The Morgan fingerprint density at radius 3 is 0.983 bits per heavy atom. The van der Waals surface area contributed by atoms with Crippen molar-refractivity contribution in [3.63, 3.8) is 0 Å². The standard InChI is InChI=1S/C46H74N4O8/c1-39(35-41-7-9-43(55-23-3-11-47-15-27-51-28-16-47)45(37-41)57-25-5-13-49-19-31-53-32-20-49)40(2)36-42-8-10-44(56-24-4-12-48-17-29-52-30-18-48)46(38-42)58-26-6-14-50-21-33-54-34-22-50/h7-10,37-40H,3-6,11-36H2,1-2H3/t39-,40+. The zero-order valence-corrected chi connectivity index (χ0v) is 35.9. The van der Waals surface area contributed by atoms with Crippen molar-refractivity contribution in [3.8, 4) is 23.0 Å². The van der Waals surface area contributed by atoms with E-state index in [1.165, 1.54) is 11.1 Å². The highest BCUT2D eigenvalue weighted by atomic mass is 16.5. The lowest BCUT2D eigenvalue weighted by Crippen LogP contribution is -2.37. The van der Waals surface area contributed by atoms with Gasteiger partial charge in [0.1, 0.15) is 0 Å². The molecule has 0 unspecified atom stereocenters. The lowest BCUT2D eigenvalue weighted by Gasteiger charge is -2.27. The number of rotatable bonds is 25. The lowest BCUT2D eigenvalue weighted by molar-refractivity contribution is 0.0353. The van der Waals surface area contributed by atoms with Crippen LogP contribution in [0.3, 0.4) is 0 Å². The normalized spacial score (nSPS) is 20.1. The van der Waals surface area contributed by atoms with Gasteiger partial charge < -0.3 is 37.9 Å². The highest BCUT2D eigenvalue weighted by molar-refractivity contribution is 5.44. The maximum atomic E-state index is 6.47. The molecule has 4 aliphatic rings. The van der Waals surface area contributed by atoms with Gasteiger partial charge in [0.05, 0.1) is 79.3 Å². The summed E-state index contributed by atoms with van der Waals surface area (Å²) in [7, 11) is 0. The molecule has 0 amide bonds. The Bertz CT molecular complexity index is 1310. The van der Waals surface area contributed by atoms with Gasteiger partial charge in [0.2, 0.25) is 0 Å². The van der Waals surface area contributed by atoms with Crippen LogP contribution >= 0.6 is 0 Å². The van der Waals surface area contributed by atoms with E-state index in [0.717, 1.165) is 193 Å². The largest absolute Gasteiger partial charge is 0.490 e. The molecule has 2 atom stereocenters. The Morgan fingerprint density at radius 1 is 0.414 bits per heavy atom. The van der Waals surface area contributed by atoms with Crippen LogP contribution in [-0.2, 0) is 31.8 Å². The number of ether oxygens (including phenoxy) is 8. The molecular weight excluding hydrogens is 737 g/mol. The first-order valence-corrected chi connectivity index (χ1v) is 22.6. The highest BCUT2D eigenvalue weighted by Crippen LogP contribution is 2.33. The summed E-state index contributed by atoms with van der Waals surface area (Å²) in [5.74, 6) is 4.34. The minimum atomic E-state index is 0.462. The quantitative estimate of drug-likeness (QED) is 0.125. The SMILES string of the molecule is C[C@H](Cc1ccc(OCCCN2CCOCC2)c(OCCCN2CCOCC2)c1)[C@@H](C)Cc1ccc(OCCCN2CCOCC2)c(OCCCN2CCOCC2)c1. The van der Waals surface area contributed by atoms with Gasteiger partial charge in [0.15, 0.2) is 23.0 Å². The van der Waals surface area contributed by atoms with E-state index in [9.17, 15) is 0 Å². The molecular formula is C46H74N4O8. The maximum absolute atomic E-state index is 6.47. The molecule has 4 aliphatic heterocycles. The monoisotopic (exact) mass is 811 g/mol. The van der Waals surface area contributed by atoms with E-state index in [0.29, 0.717) is 38.3 Å². The third-order valence-corrected chi connectivity index (χ3v) is 12.0. The van der Waals surface area contributed by atoms with E-state index in [1.807, 2.05) is 0 Å². The summed E-state index contributed by atoms with van der Waals surface area (Å²) in [6.07, 6.45) is 5.86. The first-order chi connectivity index (χ1) is 28.6. The minimum absolute atomic E-state index is 0.462. The smallest absolute Gasteiger partial charge is 0.161 e. The molecule has 6 rings (SSSR count). The van der Waals surface area contributed by atoms with Crippen molar-refractivity contribution in [2.45, 2.75) is 52.4 Å². The number of nitrogens with zero attached hydrogens (tertiary/aromatic N) is 4. The van der Waals surface area contributed by atoms with Crippen molar-refractivity contribution in [2.75, 3.05) is 158 Å². The van der Waals surface area contributed by atoms with E-state index < -0.39 is 0 Å². The van der Waals surface area contributed by atoms with Crippen molar-refractivity contribution in [1.82, 2.24) is 19.6 Å². The molecule has 326 valence electrons. The van der Waals surface area contributed by atoms with Crippen molar-refractivity contribution in [1.29, 1.82) is 0 Å². The average Bonchev–Trinajstić information content (AvgIpc) is 3.26. The van der Waals surface area contributed by atoms with Crippen LogP contribution in [0.5, 0.6) is 23.0 Å². The van der Waals surface area contributed by atoms with Crippen molar-refractivity contribution < 1.29 is 37.9 Å². The van der Waals surface area contributed by atoms with Crippen LogP contribution in [-0.4, -0.2) is 177 Å². The van der Waals surface area contributed by atoms with Gasteiger partial charge in [-0.2, -0.15) is 0 Å². The molecule has 12 heteroatoms. The first-order valence-electron chi connectivity index (χ1n) is 22.6. The summed E-state index contributed by atoms with van der Waals surface area (Å²) in [6.45, 7) is 26.1. The zero-order valence-electron chi connectivity index (χ0n) is 35.9. The second kappa shape index (κ2) is 25.8. The number of hydrogen-bond donors (Lipinski definition) is 0. The summed E-state index contributed by atoms with van der Waals surface area (Å²) in [5.41, 5.74) is 2.57. The third-order valence-electron chi connectivity index (χ3n) is 12.0. The Balaban J connectivity index is 1.02. The van der Waals surface area contributed by atoms with Crippen LogP contribution in [0.25, 0.3) is 0 Å². The molecule has 0 bridgehead atoms. The molecule has 0 N–H and O–H groups in total. The maximum Gasteiger partial charge on any atom is 0.161 e. The molecule has 0 spiro atoms. The minimum Gasteiger partial charge on any atom is -0.490 e. The van der Waals surface area contributed by atoms with E-state index in [-0.39, 0.29) is 0 Å². The van der Waals surface area contributed by atoms with Crippen molar-refractivity contribution in [2.24, 2.45) is 11.8 Å². The molecule has 4 heterocycles. The molecule has 0 saturated carbocycles. The Kier molecular flexibility index (Phi) is 20.0. The third kappa shape index (κ3) is 16.1. The Hall–Kier alpha value is -2.68. The molecule has 4 fully saturated rings. The van der Waals surface area contributed by atoms with E-state index in [2.05, 4.69) is 69.8 Å². The van der Waals surface area contributed by atoms with Crippen molar-refractivity contribution >= 4 is 0 Å². The van der Waals surface area contributed by atoms with Crippen LogP contribution in [0.4, 0.5) is 0 Å². The second-order valence-corrected chi connectivity index (χ2v) is 16.5. The fourth-order valence-electron chi connectivity index (χ4n) is 8.15. The number of hydrogen-bond acceptors (Lipinski definition) is 12. The van der Waals surface area contributed by atoms with Crippen LogP contribution in [0.1, 0.15) is 50.7 Å². The fourth-order valence-corrected chi connectivity index (χ4v) is 8.15. The summed E-state index contributed by atoms with van der Waals surface area (Å²) in [5, 5.41) is 0. The van der Waals surface area contributed by atoms with Crippen LogP contribution in [0, 0.1) is 11.8 Å². The molecule has 2 aromatic rings. The Labute approximate surface area is 349 Å². The topological polar surface area (TPSA) is 86.8 Å². The lowest BCUT2D eigenvalue weighted by atomic mass is 9.85. The Morgan fingerprint density at radius 2 is 0.690 bits per heavy atom.